The molecule has 34 heavy (non-hydrogen) atoms. The van der Waals surface area contributed by atoms with Crippen LogP contribution in [0.1, 0.15) is 17.0 Å². The summed E-state index contributed by atoms with van der Waals surface area (Å²) in [6, 6.07) is 14.4. The first-order valence-corrected chi connectivity index (χ1v) is 13.1. The number of nitrogens with zero attached hydrogens (tertiary/aromatic N) is 3. The molecule has 1 aromatic heterocycles. The number of anilines is 1. The Hall–Kier alpha value is -2.82. The van der Waals surface area contributed by atoms with Crippen LogP contribution < -0.4 is 14.5 Å². The number of carbonyl (C=O) groups excluding carboxylic acids is 1. The number of sulfonamides is 1. The Morgan fingerprint density at radius 3 is 2.62 bits per heavy atom. The summed E-state index contributed by atoms with van der Waals surface area (Å²) < 4.78 is 34.0. The second-order valence-electron chi connectivity index (χ2n) is 7.52. The van der Waals surface area contributed by atoms with E-state index in [1.807, 2.05) is 44.2 Å². The smallest absolute Gasteiger partial charge is 0.260 e. The molecule has 0 atom stereocenters. The first-order chi connectivity index (χ1) is 16.0. The topological polar surface area (TPSA) is 93.0 Å². The van der Waals surface area contributed by atoms with Crippen molar-refractivity contribution in [1.29, 1.82) is 0 Å². The minimum Gasteiger partial charge on any atom is -0.495 e. The number of rotatable bonds is 8. The van der Waals surface area contributed by atoms with E-state index in [1.165, 1.54) is 25.5 Å². The average molecular weight is 568 g/mol. The zero-order valence-electron chi connectivity index (χ0n) is 19.0. The molecule has 1 amide bonds. The summed E-state index contributed by atoms with van der Waals surface area (Å²) in [7, 11) is -2.40. The van der Waals surface area contributed by atoms with Crippen molar-refractivity contribution < 1.29 is 17.9 Å². The Bertz CT molecular complexity index is 1350. The molecule has 2 aromatic carbocycles. The number of methoxy groups -OCH3 is 1. The molecule has 0 fully saturated rings. The summed E-state index contributed by atoms with van der Waals surface area (Å²) in [5.74, 6) is -0.351. The Balaban J connectivity index is 1.78. The molecule has 0 unspecified atom stereocenters. The van der Waals surface area contributed by atoms with Gasteiger partial charge in [-0.2, -0.15) is 5.10 Å². The van der Waals surface area contributed by atoms with E-state index in [0.717, 1.165) is 37.7 Å². The van der Waals surface area contributed by atoms with E-state index in [1.54, 1.807) is 6.07 Å². The van der Waals surface area contributed by atoms with Crippen molar-refractivity contribution in [3.8, 4) is 11.4 Å². The van der Waals surface area contributed by atoms with Gasteiger partial charge < -0.3 is 9.30 Å². The fourth-order valence-electron chi connectivity index (χ4n) is 3.51. The van der Waals surface area contributed by atoms with Gasteiger partial charge in [0.25, 0.3) is 5.91 Å². The highest BCUT2D eigenvalue weighted by atomic mass is 79.9. The number of ether oxygens (including phenoxy) is 1. The standard InChI is InChI=1S/C23H24BrClN4O4S/c1-15-10-17(16(2)29(15)20-7-5-6-18(24)11-20)13-26-27-23(30)14-28(34(4,31)32)21-12-19(25)8-9-22(21)33-3/h5-13H,14H2,1-4H3,(H,27,30)/b26-13-. The van der Waals surface area contributed by atoms with Crippen LogP contribution in [0.5, 0.6) is 5.75 Å². The highest BCUT2D eigenvalue weighted by Crippen LogP contribution is 2.32. The van der Waals surface area contributed by atoms with Gasteiger partial charge in [-0.3, -0.25) is 9.10 Å². The molecule has 0 spiro atoms. The van der Waals surface area contributed by atoms with Crippen LogP contribution >= 0.6 is 27.5 Å². The largest absolute Gasteiger partial charge is 0.495 e. The molecule has 0 saturated heterocycles. The molecule has 180 valence electrons. The minimum atomic E-state index is -3.81. The van der Waals surface area contributed by atoms with Crippen molar-refractivity contribution in [2.75, 3.05) is 24.2 Å². The van der Waals surface area contributed by atoms with E-state index in [-0.39, 0.29) is 11.4 Å². The van der Waals surface area contributed by atoms with E-state index in [4.69, 9.17) is 16.3 Å². The third-order valence-corrected chi connectivity index (χ3v) is 6.88. The lowest BCUT2D eigenvalue weighted by molar-refractivity contribution is -0.119. The molecule has 0 aliphatic rings. The van der Waals surface area contributed by atoms with Crippen molar-refractivity contribution in [2.45, 2.75) is 13.8 Å². The lowest BCUT2D eigenvalue weighted by atomic mass is 10.2. The van der Waals surface area contributed by atoms with Gasteiger partial charge in [0.15, 0.2) is 0 Å². The first-order valence-electron chi connectivity index (χ1n) is 10.1. The summed E-state index contributed by atoms with van der Waals surface area (Å²) in [6.07, 6.45) is 2.53. The number of carbonyl (C=O) groups is 1. The van der Waals surface area contributed by atoms with Crippen molar-refractivity contribution in [3.63, 3.8) is 0 Å². The van der Waals surface area contributed by atoms with Gasteiger partial charge in [0.1, 0.15) is 12.3 Å². The summed E-state index contributed by atoms with van der Waals surface area (Å²) >= 11 is 9.52. The molecule has 11 heteroatoms. The van der Waals surface area contributed by atoms with Crippen molar-refractivity contribution in [3.05, 3.63) is 75.0 Å². The SMILES string of the molecule is COc1ccc(Cl)cc1N(CC(=O)N/N=C\c1cc(C)n(-c2cccc(Br)c2)c1C)S(C)(=O)=O. The molecule has 0 aliphatic heterocycles. The summed E-state index contributed by atoms with van der Waals surface area (Å²) in [5, 5.41) is 4.34. The monoisotopic (exact) mass is 566 g/mol. The van der Waals surface area contributed by atoms with Crippen LogP contribution in [0.15, 0.2) is 58.1 Å². The van der Waals surface area contributed by atoms with Crippen molar-refractivity contribution in [2.24, 2.45) is 5.10 Å². The fourth-order valence-corrected chi connectivity index (χ4v) is 4.91. The number of hydrogen-bond acceptors (Lipinski definition) is 5. The summed E-state index contributed by atoms with van der Waals surface area (Å²) in [6.45, 7) is 3.43. The Morgan fingerprint density at radius 2 is 1.97 bits per heavy atom. The molecule has 0 bridgehead atoms. The number of aryl methyl sites for hydroxylation is 1. The zero-order valence-corrected chi connectivity index (χ0v) is 22.2. The molecule has 1 heterocycles. The van der Waals surface area contributed by atoms with E-state index in [0.29, 0.717) is 5.02 Å². The fraction of sp³-hybridized carbons (Fsp3) is 0.217. The summed E-state index contributed by atoms with van der Waals surface area (Å²) in [4.78, 5) is 12.5. The number of benzene rings is 2. The number of hydrogen-bond donors (Lipinski definition) is 1. The lowest BCUT2D eigenvalue weighted by Gasteiger charge is -2.23. The van der Waals surface area contributed by atoms with Gasteiger partial charge in [0.05, 0.1) is 25.3 Å². The second-order valence-corrected chi connectivity index (χ2v) is 10.8. The van der Waals surface area contributed by atoms with E-state index in [2.05, 4.69) is 31.0 Å². The molecule has 0 radical (unpaired) electrons. The molecular formula is C23H24BrClN4O4S. The molecule has 1 N–H and O–H groups in total. The molecule has 0 saturated carbocycles. The average Bonchev–Trinajstić information content (AvgIpc) is 3.04. The van der Waals surface area contributed by atoms with Gasteiger partial charge in [-0.25, -0.2) is 13.8 Å². The lowest BCUT2D eigenvalue weighted by Crippen LogP contribution is -2.39. The van der Waals surface area contributed by atoms with Crippen LogP contribution in [0.25, 0.3) is 5.69 Å². The summed E-state index contributed by atoms with van der Waals surface area (Å²) in [5.41, 5.74) is 6.30. The van der Waals surface area contributed by atoms with E-state index < -0.39 is 22.5 Å². The van der Waals surface area contributed by atoms with E-state index >= 15 is 0 Å². The second kappa shape index (κ2) is 10.6. The third-order valence-electron chi connectivity index (χ3n) is 5.03. The predicted molar refractivity (Wildman–Crippen MR) is 139 cm³/mol. The van der Waals surface area contributed by atoms with Gasteiger partial charge in [-0.05, 0) is 56.3 Å². The highest BCUT2D eigenvalue weighted by molar-refractivity contribution is 9.10. The van der Waals surface area contributed by atoms with Crippen LogP contribution in [-0.4, -0.2) is 45.0 Å². The highest BCUT2D eigenvalue weighted by Gasteiger charge is 2.24. The van der Waals surface area contributed by atoms with Gasteiger partial charge >= 0.3 is 0 Å². The molecule has 3 rings (SSSR count). The van der Waals surface area contributed by atoms with Gasteiger partial charge in [-0.15, -0.1) is 0 Å². The number of aromatic nitrogens is 1. The normalized spacial score (nSPS) is 11.6. The maximum atomic E-state index is 12.5. The Morgan fingerprint density at radius 1 is 1.24 bits per heavy atom. The Kier molecular flexibility index (Phi) is 8.06. The molecule has 0 aliphatic carbocycles. The minimum absolute atomic E-state index is 0.161. The quantitative estimate of drug-likeness (QED) is 0.322. The van der Waals surface area contributed by atoms with Gasteiger partial charge in [0.2, 0.25) is 10.0 Å². The maximum Gasteiger partial charge on any atom is 0.260 e. The third kappa shape index (κ3) is 5.99. The number of amides is 1. The Labute approximate surface area is 212 Å². The van der Waals surface area contributed by atoms with Crippen LogP contribution in [0, 0.1) is 13.8 Å². The van der Waals surface area contributed by atoms with Gasteiger partial charge in [0, 0.05) is 32.1 Å². The first kappa shape index (κ1) is 25.8. The maximum absolute atomic E-state index is 12.5. The molecule has 8 nitrogen and oxygen atoms in total. The molecule has 3 aromatic rings. The zero-order chi connectivity index (χ0) is 25.0. The van der Waals surface area contributed by atoms with Crippen LogP contribution in [0.4, 0.5) is 5.69 Å². The van der Waals surface area contributed by atoms with Crippen LogP contribution in [-0.2, 0) is 14.8 Å². The van der Waals surface area contributed by atoms with Crippen molar-refractivity contribution >= 4 is 55.4 Å². The number of hydrazone groups is 1. The number of nitrogens with one attached hydrogen (secondary N) is 1. The van der Waals surface area contributed by atoms with Crippen LogP contribution in [0.3, 0.4) is 0 Å². The van der Waals surface area contributed by atoms with Crippen LogP contribution in [0.2, 0.25) is 5.02 Å². The van der Waals surface area contributed by atoms with E-state index in [9.17, 15) is 13.2 Å². The van der Waals surface area contributed by atoms with Gasteiger partial charge in [-0.1, -0.05) is 33.6 Å². The van der Waals surface area contributed by atoms with Crippen molar-refractivity contribution in [1.82, 2.24) is 9.99 Å². The predicted octanol–water partition coefficient (Wildman–Crippen LogP) is 4.43. The molecular weight excluding hydrogens is 544 g/mol. The number of halogens is 2.